The van der Waals surface area contributed by atoms with Crippen LogP contribution in [-0.2, 0) is 0 Å². The Morgan fingerprint density at radius 3 is 2.36 bits per heavy atom. The lowest BCUT2D eigenvalue weighted by molar-refractivity contribution is -0.605. The molecule has 1 N–H and O–H groups in total. The summed E-state index contributed by atoms with van der Waals surface area (Å²) in [7, 11) is 0. The van der Waals surface area contributed by atoms with Gasteiger partial charge in [-0.15, -0.1) is 0 Å². The quantitative estimate of drug-likeness (QED) is 0.696. The summed E-state index contributed by atoms with van der Waals surface area (Å²) >= 11 is 0. The van der Waals surface area contributed by atoms with Crippen LogP contribution in [0.15, 0.2) is 54.9 Å². The minimum atomic E-state index is -0.124. The fourth-order valence-corrected chi connectivity index (χ4v) is 3.21. The van der Waals surface area contributed by atoms with Crippen molar-refractivity contribution >= 4 is 5.91 Å². The van der Waals surface area contributed by atoms with Gasteiger partial charge in [-0.05, 0) is 24.3 Å². The third kappa shape index (κ3) is 3.27. The Morgan fingerprint density at radius 2 is 1.73 bits per heavy atom. The molecule has 1 aliphatic carbocycles. The fraction of sp³-hybridized carbons (Fsp3) is 0.333. The normalized spacial score (nSPS) is 16.4. The zero-order valence-electron chi connectivity index (χ0n) is 12.4. The number of hydrogen-bond donors (Lipinski definition) is 1. The van der Waals surface area contributed by atoms with E-state index in [1.807, 2.05) is 18.2 Å². The third-order valence-electron chi connectivity index (χ3n) is 4.38. The lowest BCUT2D eigenvalue weighted by atomic mass is 9.91. The predicted molar refractivity (Wildman–Crippen MR) is 84.0 cm³/mol. The molecule has 1 saturated carbocycles. The van der Waals surface area contributed by atoms with E-state index in [9.17, 15) is 10.0 Å². The second kappa shape index (κ2) is 6.60. The van der Waals surface area contributed by atoms with Crippen LogP contribution in [0, 0.1) is 11.1 Å². The van der Waals surface area contributed by atoms with E-state index in [4.69, 9.17) is 0 Å². The minimum absolute atomic E-state index is 0.0378. The lowest BCUT2D eigenvalue weighted by Gasteiger charge is -2.25. The van der Waals surface area contributed by atoms with Gasteiger partial charge in [-0.25, -0.2) is 0 Å². The largest absolute Gasteiger partial charge is 0.619 e. The van der Waals surface area contributed by atoms with E-state index in [0.29, 0.717) is 16.2 Å². The molecule has 2 aromatic rings. The van der Waals surface area contributed by atoms with Crippen molar-refractivity contribution < 1.29 is 9.52 Å². The van der Waals surface area contributed by atoms with Crippen LogP contribution in [0.4, 0.5) is 0 Å². The standard InChI is InChI=1S/C18H20N2O2/c21-18(16-10-12-20(22)13-11-16)19-17(15-8-4-5-9-15)14-6-2-1-3-7-14/h1-3,6-7,10-13,15,17H,4-5,8-9H2,(H,19,21)/t17-/m0/s1. The van der Waals surface area contributed by atoms with Crippen LogP contribution in [0.1, 0.15) is 47.6 Å². The van der Waals surface area contributed by atoms with Gasteiger partial charge in [0.2, 0.25) is 0 Å². The number of nitrogens with one attached hydrogen (secondary N) is 1. The predicted octanol–water partition coefficient (Wildman–Crippen LogP) is 2.98. The summed E-state index contributed by atoms with van der Waals surface area (Å²) in [5, 5.41) is 14.2. The molecule has 1 atom stereocenters. The molecule has 114 valence electrons. The highest BCUT2D eigenvalue weighted by molar-refractivity contribution is 5.94. The van der Waals surface area contributed by atoms with Gasteiger partial charge < -0.3 is 10.5 Å². The molecular weight excluding hydrogens is 276 g/mol. The van der Waals surface area contributed by atoms with Gasteiger partial charge in [0.1, 0.15) is 0 Å². The lowest BCUT2D eigenvalue weighted by Crippen LogP contribution is -2.33. The second-order valence-corrected chi connectivity index (χ2v) is 5.85. The average molecular weight is 296 g/mol. The number of carbonyl (C=O) groups is 1. The van der Waals surface area contributed by atoms with Crippen molar-refractivity contribution in [1.82, 2.24) is 5.32 Å². The van der Waals surface area contributed by atoms with E-state index in [-0.39, 0.29) is 11.9 Å². The number of amides is 1. The topological polar surface area (TPSA) is 56.0 Å². The van der Waals surface area contributed by atoms with Crippen LogP contribution in [0.5, 0.6) is 0 Å². The third-order valence-corrected chi connectivity index (χ3v) is 4.38. The molecule has 1 fully saturated rings. The molecule has 0 unspecified atom stereocenters. The molecular formula is C18H20N2O2. The van der Waals surface area contributed by atoms with Crippen molar-refractivity contribution in [1.29, 1.82) is 0 Å². The van der Waals surface area contributed by atoms with Gasteiger partial charge >= 0.3 is 0 Å². The molecule has 4 nitrogen and oxygen atoms in total. The number of nitrogens with zero attached hydrogens (tertiary/aromatic N) is 1. The monoisotopic (exact) mass is 296 g/mol. The summed E-state index contributed by atoms with van der Waals surface area (Å²) in [4.78, 5) is 12.5. The first-order valence-electron chi connectivity index (χ1n) is 7.78. The van der Waals surface area contributed by atoms with Crippen molar-refractivity contribution in [2.45, 2.75) is 31.7 Å². The van der Waals surface area contributed by atoms with Gasteiger partial charge in [0, 0.05) is 12.1 Å². The fourth-order valence-electron chi connectivity index (χ4n) is 3.21. The maximum absolute atomic E-state index is 12.5. The summed E-state index contributed by atoms with van der Waals surface area (Å²) in [6, 6.07) is 13.3. The second-order valence-electron chi connectivity index (χ2n) is 5.85. The van der Waals surface area contributed by atoms with Crippen molar-refractivity contribution in [3.63, 3.8) is 0 Å². The Morgan fingerprint density at radius 1 is 1.09 bits per heavy atom. The molecule has 1 aromatic carbocycles. The Hall–Kier alpha value is -2.36. The molecule has 0 saturated heterocycles. The van der Waals surface area contributed by atoms with Crippen LogP contribution in [0.3, 0.4) is 0 Å². The summed E-state index contributed by atoms with van der Waals surface area (Å²) < 4.78 is 0.683. The molecule has 1 aliphatic rings. The first-order chi connectivity index (χ1) is 10.7. The number of carbonyl (C=O) groups excluding carboxylic acids is 1. The van der Waals surface area contributed by atoms with E-state index < -0.39 is 0 Å². The van der Waals surface area contributed by atoms with Gasteiger partial charge in [-0.3, -0.25) is 4.79 Å². The summed E-state index contributed by atoms with van der Waals surface area (Å²) in [5.41, 5.74) is 1.67. The number of rotatable bonds is 4. The van der Waals surface area contributed by atoms with Crippen molar-refractivity contribution in [2.24, 2.45) is 5.92 Å². The van der Waals surface area contributed by atoms with Gasteiger partial charge in [-0.2, -0.15) is 4.73 Å². The van der Waals surface area contributed by atoms with Crippen LogP contribution in [-0.4, -0.2) is 5.91 Å². The molecule has 22 heavy (non-hydrogen) atoms. The number of aromatic nitrogens is 1. The number of pyridine rings is 1. The zero-order chi connectivity index (χ0) is 15.4. The highest BCUT2D eigenvalue weighted by Crippen LogP contribution is 2.35. The number of hydrogen-bond acceptors (Lipinski definition) is 2. The Kier molecular flexibility index (Phi) is 4.37. The SMILES string of the molecule is O=C(N[C@@H](c1ccccc1)C1CCCC1)c1cc[n+]([O-])cc1. The zero-order valence-corrected chi connectivity index (χ0v) is 12.4. The van der Waals surface area contributed by atoms with Crippen molar-refractivity contribution in [3.05, 3.63) is 71.2 Å². The highest BCUT2D eigenvalue weighted by atomic mass is 16.5. The molecule has 1 heterocycles. The van der Waals surface area contributed by atoms with E-state index >= 15 is 0 Å². The van der Waals surface area contributed by atoms with Gasteiger partial charge in [0.25, 0.3) is 5.91 Å². The van der Waals surface area contributed by atoms with Crippen molar-refractivity contribution in [3.8, 4) is 0 Å². The van der Waals surface area contributed by atoms with Crippen LogP contribution < -0.4 is 10.0 Å². The minimum Gasteiger partial charge on any atom is -0.619 e. The first kappa shape index (κ1) is 14.6. The first-order valence-corrected chi connectivity index (χ1v) is 7.78. The van der Waals surface area contributed by atoms with Crippen LogP contribution >= 0.6 is 0 Å². The van der Waals surface area contributed by atoms with Gasteiger partial charge in [0.15, 0.2) is 12.4 Å². The molecule has 1 aromatic heterocycles. The molecule has 3 rings (SSSR count). The molecule has 1 amide bonds. The van der Waals surface area contributed by atoms with Gasteiger partial charge in [0.05, 0.1) is 11.6 Å². The Labute approximate surface area is 130 Å². The maximum Gasteiger partial charge on any atom is 0.252 e. The molecule has 0 spiro atoms. The van der Waals surface area contributed by atoms with Gasteiger partial charge in [-0.1, -0.05) is 43.2 Å². The molecule has 0 aliphatic heterocycles. The highest BCUT2D eigenvalue weighted by Gasteiger charge is 2.28. The summed E-state index contributed by atoms with van der Waals surface area (Å²) in [6.07, 6.45) is 7.45. The Balaban J connectivity index is 1.80. The van der Waals surface area contributed by atoms with E-state index in [0.717, 1.165) is 18.4 Å². The van der Waals surface area contributed by atoms with Crippen molar-refractivity contribution in [2.75, 3.05) is 0 Å². The van der Waals surface area contributed by atoms with E-state index in [1.165, 1.54) is 25.2 Å². The maximum atomic E-state index is 12.5. The van der Waals surface area contributed by atoms with E-state index in [1.54, 1.807) is 12.1 Å². The smallest absolute Gasteiger partial charge is 0.252 e. The molecule has 4 heteroatoms. The van der Waals surface area contributed by atoms with Crippen LogP contribution in [0.25, 0.3) is 0 Å². The summed E-state index contributed by atoms with van der Waals surface area (Å²) in [6.45, 7) is 0. The summed E-state index contributed by atoms with van der Waals surface area (Å²) in [5.74, 6) is 0.362. The molecule has 0 radical (unpaired) electrons. The Bertz CT molecular complexity index is 619. The number of benzene rings is 1. The van der Waals surface area contributed by atoms with Crippen LogP contribution in [0.2, 0.25) is 0 Å². The van der Waals surface area contributed by atoms with E-state index in [2.05, 4.69) is 17.4 Å². The average Bonchev–Trinajstić information content (AvgIpc) is 3.08. The molecule has 0 bridgehead atoms.